The van der Waals surface area contributed by atoms with Crippen molar-refractivity contribution in [2.45, 2.75) is 81.1 Å². The standard InChI is InChI=1S/C5H12.C5H10.2C2H6/c2*1-3-5-4-2;2*1-2/h3-5H2,1-2H3;3,5H,4H2,1-2H3;2*1-2H3/b;5-3+;;. The quantitative estimate of drug-likeness (QED) is 0.476. The minimum absolute atomic E-state index is 1.16. The fourth-order valence-electron chi connectivity index (χ4n) is 0.589. The Hall–Kier alpha value is -0.260. The Bertz CT molecular complexity index is 51.1. The third-order valence-electron chi connectivity index (χ3n) is 1.18. The van der Waals surface area contributed by atoms with Gasteiger partial charge >= 0.3 is 0 Å². The molecule has 0 rings (SSSR count). The van der Waals surface area contributed by atoms with Crippen LogP contribution in [0.5, 0.6) is 0 Å². The van der Waals surface area contributed by atoms with Crippen molar-refractivity contribution in [3.8, 4) is 0 Å². The molecule has 0 heterocycles. The number of hydrogen-bond acceptors (Lipinski definition) is 0. The van der Waals surface area contributed by atoms with Gasteiger partial charge in [0.15, 0.2) is 0 Å². The predicted octanol–water partition coefficient (Wildman–Crippen LogP) is 6.22. The lowest BCUT2D eigenvalue weighted by molar-refractivity contribution is 0.772. The van der Waals surface area contributed by atoms with E-state index in [0.29, 0.717) is 0 Å². The van der Waals surface area contributed by atoms with Crippen molar-refractivity contribution >= 4 is 0 Å². The molecule has 90 valence electrons. The lowest BCUT2D eigenvalue weighted by atomic mass is 10.3. The van der Waals surface area contributed by atoms with Crippen molar-refractivity contribution in [3.63, 3.8) is 0 Å². The van der Waals surface area contributed by atoms with Crippen LogP contribution in [0.4, 0.5) is 0 Å². The molecule has 0 fully saturated rings. The zero-order chi connectivity index (χ0) is 12.2. The van der Waals surface area contributed by atoms with Crippen LogP contribution in [0, 0.1) is 0 Å². The molecule has 0 amide bonds. The second-order valence-corrected chi connectivity index (χ2v) is 2.33. The van der Waals surface area contributed by atoms with Gasteiger partial charge in [-0.15, -0.1) is 0 Å². The van der Waals surface area contributed by atoms with Gasteiger partial charge in [-0.05, 0) is 13.3 Å². The first kappa shape index (κ1) is 23.5. The fourth-order valence-corrected chi connectivity index (χ4v) is 0.589. The lowest BCUT2D eigenvalue weighted by Gasteiger charge is -1.79. The van der Waals surface area contributed by atoms with Gasteiger partial charge in [0.1, 0.15) is 0 Å². The zero-order valence-corrected chi connectivity index (χ0v) is 12.0. The molecule has 0 aliphatic carbocycles. The average molecular weight is 202 g/mol. The Kier molecular flexibility index (Phi) is 89.5. The van der Waals surface area contributed by atoms with E-state index in [-0.39, 0.29) is 0 Å². The van der Waals surface area contributed by atoms with Crippen molar-refractivity contribution in [2.24, 2.45) is 0 Å². The van der Waals surface area contributed by atoms with Crippen LogP contribution in [0.25, 0.3) is 0 Å². The monoisotopic (exact) mass is 202 g/mol. The van der Waals surface area contributed by atoms with Crippen LogP contribution < -0.4 is 0 Å². The summed E-state index contributed by atoms with van der Waals surface area (Å²) in [7, 11) is 0. The smallest absolute Gasteiger partial charge is 0.0379 e. The molecule has 0 saturated carbocycles. The average Bonchev–Trinajstić information content (AvgIpc) is 2.27. The minimum Gasteiger partial charge on any atom is -0.0917 e. The maximum absolute atomic E-state index is 2.21. The van der Waals surface area contributed by atoms with E-state index in [1.807, 2.05) is 34.6 Å². The van der Waals surface area contributed by atoms with Gasteiger partial charge in [-0.1, -0.05) is 79.9 Å². The Morgan fingerprint density at radius 1 is 0.786 bits per heavy atom. The Morgan fingerprint density at radius 2 is 1.14 bits per heavy atom. The van der Waals surface area contributed by atoms with E-state index >= 15 is 0 Å². The Balaban J connectivity index is -0.0000000528. The summed E-state index contributed by atoms with van der Waals surface area (Å²) in [5.41, 5.74) is 0. The number of rotatable bonds is 3. The number of allylic oxidation sites excluding steroid dienone is 2. The van der Waals surface area contributed by atoms with E-state index in [2.05, 4.69) is 32.9 Å². The summed E-state index contributed by atoms with van der Waals surface area (Å²) in [6.07, 6.45) is 9.42. The molecule has 0 spiro atoms. The molecule has 0 atom stereocenters. The third kappa shape index (κ3) is 96.8. The van der Waals surface area contributed by atoms with Crippen LogP contribution in [0.2, 0.25) is 0 Å². The van der Waals surface area contributed by atoms with E-state index in [9.17, 15) is 0 Å². The van der Waals surface area contributed by atoms with Crippen molar-refractivity contribution < 1.29 is 0 Å². The maximum Gasteiger partial charge on any atom is -0.0379 e. The van der Waals surface area contributed by atoms with E-state index in [1.54, 1.807) is 0 Å². The summed E-state index contributed by atoms with van der Waals surface area (Å²) in [6.45, 7) is 16.6. The summed E-state index contributed by atoms with van der Waals surface area (Å²) >= 11 is 0. The molecule has 0 unspecified atom stereocenters. The van der Waals surface area contributed by atoms with Crippen LogP contribution in [-0.2, 0) is 0 Å². The molecule has 0 aromatic carbocycles. The van der Waals surface area contributed by atoms with Crippen LogP contribution >= 0.6 is 0 Å². The summed E-state index contributed by atoms with van der Waals surface area (Å²) in [5, 5.41) is 0. The van der Waals surface area contributed by atoms with E-state index in [1.165, 1.54) is 19.3 Å². The first-order chi connectivity index (χ1) is 6.83. The van der Waals surface area contributed by atoms with Gasteiger partial charge < -0.3 is 0 Å². The highest BCUT2D eigenvalue weighted by molar-refractivity contribution is 4.73. The molecule has 0 radical (unpaired) electrons. The molecule has 0 saturated heterocycles. The van der Waals surface area contributed by atoms with Gasteiger partial charge in [-0.25, -0.2) is 0 Å². The van der Waals surface area contributed by atoms with Crippen LogP contribution in [0.15, 0.2) is 12.2 Å². The molecular weight excluding hydrogens is 168 g/mol. The van der Waals surface area contributed by atoms with Gasteiger partial charge in [0.05, 0.1) is 0 Å². The topological polar surface area (TPSA) is 0 Å². The van der Waals surface area contributed by atoms with Crippen molar-refractivity contribution in [1.29, 1.82) is 0 Å². The van der Waals surface area contributed by atoms with E-state index in [4.69, 9.17) is 0 Å². The maximum atomic E-state index is 2.21. The Morgan fingerprint density at radius 3 is 1.14 bits per heavy atom. The molecule has 0 aromatic heterocycles. The van der Waals surface area contributed by atoms with Crippen molar-refractivity contribution in [1.82, 2.24) is 0 Å². The van der Waals surface area contributed by atoms with Gasteiger partial charge in [0.25, 0.3) is 0 Å². The summed E-state index contributed by atoms with van der Waals surface area (Å²) < 4.78 is 0. The largest absolute Gasteiger partial charge is 0.0917 e. The third-order valence-corrected chi connectivity index (χ3v) is 1.18. The second-order valence-electron chi connectivity index (χ2n) is 2.33. The summed E-state index contributed by atoms with van der Waals surface area (Å²) in [5.74, 6) is 0. The molecule has 0 N–H and O–H groups in total. The normalized spacial score (nSPS) is 7.43. The molecular formula is C14H34. The molecule has 14 heavy (non-hydrogen) atoms. The summed E-state index contributed by atoms with van der Waals surface area (Å²) in [4.78, 5) is 0. The lowest BCUT2D eigenvalue weighted by Crippen LogP contribution is -1.59. The second kappa shape index (κ2) is 53.3. The van der Waals surface area contributed by atoms with Gasteiger partial charge in [-0.3, -0.25) is 0 Å². The van der Waals surface area contributed by atoms with E-state index < -0.39 is 0 Å². The molecule has 0 aliphatic heterocycles. The van der Waals surface area contributed by atoms with Gasteiger partial charge in [-0.2, -0.15) is 0 Å². The predicted molar refractivity (Wildman–Crippen MR) is 73.0 cm³/mol. The first-order valence-electron chi connectivity index (χ1n) is 6.44. The molecule has 0 bridgehead atoms. The van der Waals surface area contributed by atoms with Crippen LogP contribution in [0.3, 0.4) is 0 Å². The molecule has 0 aliphatic rings. The molecule has 0 heteroatoms. The van der Waals surface area contributed by atoms with Crippen LogP contribution in [0.1, 0.15) is 81.1 Å². The van der Waals surface area contributed by atoms with Gasteiger partial charge in [0, 0.05) is 0 Å². The molecule has 0 nitrogen and oxygen atoms in total. The molecule has 0 aromatic rings. The van der Waals surface area contributed by atoms with E-state index in [0.717, 1.165) is 6.42 Å². The number of hydrogen-bond donors (Lipinski definition) is 0. The highest BCUT2D eigenvalue weighted by atomic mass is 13.7. The minimum atomic E-state index is 1.16. The highest BCUT2D eigenvalue weighted by Gasteiger charge is 1.68. The first-order valence-corrected chi connectivity index (χ1v) is 6.44. The fraction of sp³-hybridized carbons (Fsp3) is 0.857. The highest BCUT2D eigenvalue weighted by Crippen LogP contribution is 1.88. The zero-order valence-electron chi connectivity index (χ0n) is 12.0. The van der Waals surface area contributed by atoms with Crippen molar-refractivity contribution in [3.05, 3.63) is 12.2 Å². The van der Waals surface area contributed by atoms with Gasteiger partial charge in [0.2, 0.25) is 0 Å². The summed E-state index contributed by atoms with van der Waals surface area (Å²) in [6, 6.07) is 0. The Labute approximate surface area is 93.8 Å². The van der Waals surface area contributed by atoms with Crippen molar-refractivity contribution in [2.75, 3.05) is 0 Å². The van der Waals surface area contributed by atoms with Crippen LogP contribution in [-0.4, -0.2) is 0 Å². The number of unbranched alkanes of at least 4 members (excludes halogenated alkanes) is 2. The SMILES string of the molecule is C/C=C/CC.CC.CC.CCCCC.